The molecule has 0 saturated carbocycles. The number of hydrogen-bond donors (Lipinski definition) is 1. The topological polar surface area (TPSA) is 44.5 Å². The van der Waals surface area contributed by atoms with Gasteiger partial charge in [0.1, 0.15) is 6.04 Å². The third-order valence-electron chi connectivity index (χ3n) is 2.11. The molecule has 0 amide bonds. The van der Waals surface area contributed by atoms with E-state index in [1.54, 1.807) is 0 Å². The molecule has 0 radical (unpaired) electrons. The van der Waals surface area contributed by atoms with E-state index in [-0.39, 0.29) is 24.8 Å². The van der Waals surface area contributed by atoms with Crippen LogP contribution in [0.4, 0.5) is 13.2 Å². The van der Waals surface area contributed by atoms with Crippen molar-refractivity contribution in [1.82, 2.24) is 0 Å². The predicted octanol–water partition coefficient (Wildman–Crippen LogP) is 2.40. The Labute approximate surface area is 95.7 Å². The number of nitrogens with two attached hydrogens (primary N) is 1. The molecule has 0 bridgehead atoms. The highest BCUT2D eigenvalue weighted by Crippen LogP contribution is 2.37. The van der Waals surface area contributed by atoms with Gasteiger partial charge in [-0.05, 0) is 17.7 Å². The zero-order valence-corrected chi connectivity index (χ0v) is 8.77. The summed E-state index contributed by atoms with van der Waals surface area (Å²) in [7, 11) is 0. The lowest BCUT2D eigenvalue weighted by molar-refractivity contribution is -0.149. The fraction of sp³-hybridized carbons (Fsp3) is 0.333. The van der Waals surface area contributed by atoms with E-state index in [4.69, 9.17) is 15.2 Å². The fourth-order valence-electron chi connectivity index (χ4n) is 1.30. The van der Waals surface area contributed by atoms with Crippen LogP contribution >= 0.6 is 12.4 Å². The van der Waals surface area contributed by atoms with Crippen LogP contribution in [0.2, 0.25) is 0 Å². The molecule has 3 nitrogen and oxygen atoms in total. The summed E-state index contributed by atoms with van der Waals surface area (Å²) >= 11 is 0. The first kappa shape index (κ1) is 12.9. The molecular weight excluding hydrogens is 247 g/mol. The van der Waals surface area contributed by atoms with Crippen molar-refractivity contribution in [3.05, 3.63) is 23.8 Å². The van der Waals surface area contributed by atoms with Crippen molar-refractivity contribution in [2.75, 3.05) is 6.79 Å². The van der Waals surface area contributed by atoms with E-state index in [0.29, 0.717) is 11.5 Å². The summed E-state index contributed by atoms with van der Waals surface area (Å²) in [6.45, 7) is 0.0278. The molecule has 2 N–H and O–H groups in total. The minimum atomic E-state index is -4.45. The number of alkyl halides is 3. The summed E-state index contributed by atoms with van der Waals surface area (Å²) in [5.74, 6) is 0.736. The molecule has 1 atom stereocenters. The molecule has 0 saturated heterocycles. The molecule has 0 fully saturated rings. The Hall–Kier alpha value is -1.14. The van der Waals surface area contributed by atoms with Crippen LogP contribution in [0.3, 0.4) is 0 Å². The summed E-state index contributed by atoms with van der Waals surface area (Å²) in [6, 6.07) is 1.96. The van der Waals surface area contributed by atoms with E-state index >= 15 is 0 Å². The minimum absolute atomic E-state index is 0. The Bertz CT molecular complexity index is 384. The average Bonchev–Trinajstić information content (AvgIpc) is 2.61. The summed E-state index contributed by atoms with van der Waals surface area (Å²) in [6.07, 6.45) is -4.45. The average molecular weight is 256 g/mol. The number of benzene rings is 1. The molecule has 2 rings (SSSR count). The molecule has 1 heterocycles. The number of rotatable bonds is 1. The monoisotopic (exact) mass is 255 g/mol. The first-order chi connectivity index (χ1) is 6.98. The van der Waals surface area contributed by atoms with Crippen LogP contribution in [0.25, 0.3) is 0 Å². The van der Waals surface area contributed by atoms with Crippen molar-refractivity contribution < 1.29 is 22.6 Å². The smallest absolute Gasteiger partial charge is 0.407 e. The number of ether oxygens (including phenoxy) is 2. The highest BCUT2D eigenvalue weighted by atomic mass is 35.5. The van der Waals surface area contributed by atoms with Gasteiger partial charge in [0.05, 0.1) is 0 Å². The lowest BCUT2D eigenvalue weighted by Crippen LogP contribution is -2.28. The van der Waals surface area contributed by atoms with Crippen molar-refractivity contribution >= 4 is 12.4 Å². The van der Waals surface area contributed by atoms with Gasteiger partial charge in [-0.1, -0.05) is 6.07 Å². The predicted molar refractivity (Wildman–Crippen MR) is 52.8 cm³/mol. The van der Waals surface area contributed by atoms with Gasteiger partial charge in [0.2, 0.25) is 6.79 Å². The number of halogens is 4. The zero-order chi connectivity index (χ0) is 11.1. The van der Waals surface area contributed by atoms with Crippen LogP contribution in [0.5, 0.6) is 11.5 Å². The lowest BCUT2D eigenvalue weighted by Gasteiger charge is -2.15. The van der Waals surface area contributed by atoms with Crippen molar-refractivity contribution in [3.63, 3.8) is 0 Å². The molecule has 90 valence electrons. The zero-order valence-electron chi connectivity index (χ0n) is 7.95. The molecule has 1 aliphatic heterocycles. The lowest BCUT2D eigenvalue weighted by atomic mass is 10.1. The Morgan fingerprint density at radius 2 is 1.81 bits per heavy atom. The Morgan fingerprint density at radius 3 is 2.44 bits per heavy atom. The number of fused-ring (bicyclic) bond motifs is 1. The van der Waals surface area contributed by atoms with Crippen LogP contribution in [0, 0.1) is 0 Å². The SMILES string of the molecule is Cl.N[C@@H](c1ccc2c(c1)OCO2)C(F)(F)F. The number of hydrogen-bond acceptors (Lipinski definition) is 3. The molecule has 0 aliphatic carbocycles. The van der Waals surface area contributed by atoms with Crippen LogP contribution in [0.1, 0.15) is 11.6 Å². The molecule has 7 heteroatoms. The summed E-state index contributed by atoms with van der Waals surface area (Å²) in [4.78, 5) is 0. The summed E-state index contributed by atoms with van der Waals surface area (Å²) in [5.41, 5.74) is 5.01. The van der Waals surface area contributed by atoms with E-state index in [0.717, 1.165) is 0 Å². The quantitative estimate of drug-likeness (QED) is 0.838. The van der Waals surface area contributed by atoms with Gasteiger partial charge in [-0.3, -0.25) is 0 Å². The molecule has 1 aliphatic rings. The molecule has 0 spiro atoms. The maximum Gasteiger partial charge on any atom is 0.407 e. The van der Waals surface area contributed by atoms with Gasteiger partial charge in [-0.2, -0.15) is 13.2 Å². The van der Waals surface area contributed by atoms with Gasteiger partial charge >= 0.3 is 6.18 Å². The Balaban J connectivity index is 0.00000128. The van der Waals surface area contributed by atoms with E-state index in [1.807, 2.05) is 0 Å². The molecular formula is C9H9ClF3NO2. The third-order valence-corrected chi connectivity index (χ3v) is 2.11. The van der Waals surface area contributed by atoms with Crippen LogP contribution in [0.15, 0.2) is 18.2 Å². The first-order valence-electron chi connectivity index (χ1n) is 4.20. The third kappa shape index (κ3) is 2.33. The second-order valence-corrected chi connectivity index (χ2v) is 3.13. The Morgan fingerprint density at radius 1 is 1.19 bits per heavy atom. The van der Waals surface area contributed by atoms with Crippen molar-refractivity contribution in [2.45, 2.75) is 12.2 Å². The maximum atomic E-state index is 12.3. The second-order valence-electron chi connectivity index (χ2n) is 3.13. The molecule has 1 aromatic carbocycles. The largest absolute Gasteiger partial charge is 0.454 e. The van der Waals surface area contributed by atoms with Crippen molar-refractivity contribution in [2.24, 2.45) is 5.73 Å². The minimum Gasteiger partial charge on any atom is -0.454 e. The maximum absolute atomic E-state index is 12.3. The van der Waals surface area contributed by atoms with E-state index in [1.165, 1.54) is 18.2 Å². The van der Waals surface area contributed by atoms with Crippen LogP contribution in [-0.4, -0.2) is 13.0 Å². The first-order valence-corrected chi connectivity index (χ1v) is 4.20. The highest BCUT2D eigenvalue weighted by molar-refractivity contribution is 5.85. The fourth-order valence-corrected chi connectivity index (χ4v) is 1.30. The standard InChI is InChI=1S/C9H8F3NO2.ClH/c10-9(11,12)8(13)5-1-2-6-7(3-5)15-4-14-6;/h1-3,8H,4,13H2;1H/t8-;/m0./s1. The van der Waals surface area contributed by atoms with Gasteiger partial charge in [-0.15, -0.1) is 12.4 Å². The van der Waals surface area contributed by atoms with E-state index < -0.39 is 12.2 Å². The van der Waals surface area contributed by atoms with Crippen LogP contribution < -0.4 is 15.2 Å². The van der Waals surface area contributed by atoms with Gasteiger partial charge in [-0.25, -0.2) is 0 Å². The van der Waals surface area contributed by atoms with Gasteiger partial charge in [0, 0.05) is 0 Å². The normalized spacial score (nSPS) is 15.5. The van der Waals surface area contributed by atoms with Gasteiger partial charge in [0.25, 0.3) is 0 Å². The molecule has 1 aromatic rings. The molecule has 16 heavy (non-hydrogen) atoms. The van der Waals surface area contributed by atoms with Crippen LogP contribution in [-0.2, 0) is 0 Å². The van der Waals surface area contributed by atoms with E-state index in [9.17, 15) is 13.2 Å². The van der Waals surface area contributed by atoms with Gasteiger partial charge < -0.3 is 15.2 Å². The Kier molecular flexibility index (Phi) is 3.54. The highest BCUT2D eigenvalue weighted by Gasteiger charge is 2.38. The van der Waals surface area contributed by atoms with Crippen molar-refractivity contribution in [1.29, 1.82) is 0 Å². The second kappa shape index (κ2) is 4.39. The van der Waals surface area contributed by atoms with Crippen molar-refractivity contribution in [3.8, 4) is 11.5 Å². The summed E-state index contributed by atoms with van der Waals surface area (Å²) < 4.78 is 46.8. The van der Waals surface area contributed by atoms with E-state index in [2.05, 4.69) is 0 Å². The molecule has 0 aromatic heterocycles. The summed E-state index contributed by atoms with van der Waals surface area (Å²) in [5, 5.41) is 0. The van der Waals surface area contributed by atoms with Gasteiger partial charge in [0.15, 0.2) is 11.5 Å². The molecule has 0 unspecified atom stereocenters.